The summed E-state index contributed by atoms with van der Waals surface area (Å²) in [5, 5.41) is 4.79. The molecule has 2 rings (SSSR count). The van der Waals surface area contributed by atoms with Crippen LogP contribution in [0.2, 0.25) is 0 Å². The number of hydrogen-bond acceptors (Lipinski definition) is 4. The van der Waals surface area contributed by atoms with Gasteiger partial charge in [-0.25, -0.2) is 0 Å². The second-order valence-electron chi connectivity index (χ2n) is 10.7. The standard InChI is InChI=1S/C31H38F6N8O2/c1-16-12-20(7-5-9-42-28(38)39)22(30(32,33)34)14-24(16)44-26(46)18(3)11-19(4)27(47)45-25-15-23(31(35,36)37)21(13-17(25)2)8-6-10-43-29(40)41/h11-15H,3,5-10H2,1-2,4H3,(H,44,46)(H,45,47)(H4,38,39,42)(H4,40,41,43)/b19-11+. The number of aryl methyl sites for hydroxylation is 4. The number of nitrogens with zero attached hydrogens (tertiary/aromatic N) is 2. The van der Waals surface area contributed by atoms with Crippen molar-refractivity contribution in [3.63, 3.8) is 0 Å². The number of aliphatic imine (C=N–C) groups is 2. The van der Waals surface area contributed by atoms with E-state index in [1.54, 1.807) is 0 Å². The van der Waals surface area contributed by atoms with Crippen molar-refractivity contribution in [1.29, 1.82) is 0 Å². The molecule has 256 valence electrons. The van der Waals surface area contributed by atoms with E-state index < -0.39 is 35.3 Å². The largest absolute Gasteiger partial charge is 0.416 e. The summed E-state index contributed by atoms with van der Waals surface area (Å²) in [4.78, 5) is 33.2. The van der Waals surface area contributed by atoms with Crippen molar-refractivity contribution >= 4 is 35.1 Å². The van der Waals surface area contributed by atoms with Crippen LogP contribution in [0.4, 0.5) is 37.7 Å². The molecule has 47 heavy (non-hydrogen) atoms. The van der Waals surface area contributed by atoms with Crippen LogP contribution >= 0.6 is 0 Å². The highest BCUT2D eigenvalue weighted by atomic mass is 19.4. The molecular formula is C31H38F6N8O2. The van der Waals surface area contributed by atoms with Gasteiger partial charge in [0, 0.05) is 35.6 Å². The number of carbonyl (C=O) groups excluding carboxylic acids is 2. The Morgan fingerprint density at radius 3 is 1.49 bits per heavy atom. The third-order valence-electron chi connectivity index (χ3n) is 6.85. The molecule has 0 fully saturated rings. The Morgan fingerprint density at radius 2 is 1.13 bits per heavy atom. The molecular weight excluding hydrogens is 630 g/mol. The van der Waals surface area contributed by atoms with E-state index in [1.807, 2.05) is 0 Å². The lowest BCUT2D eigenvalue weighted by Crippen LogP contribution is -2.23. The van der Waals surface area contributed by atoms with E-state index in [0.29, 0.717) is 11.1 Å². The van der Waals surface area contributed by atoms with Crippen LogP contribution < -0.4 is 33.6 Å². The molecule has 0 heterocycles. The average Bonchev–Trinajstić information content (AvgIpc) is 2.94. The van der Waals surface area contributed by atoms with Gasteiger partial charge in [0.25, 0.3) is 11.8 Å². The van der Waals surface area contributed by atoms with Gasteiger partial charge >= 0.3 is 12.4 Å². The van der Waals surface area contributed by atoms with Gasteiger partial charge in [-0.3, -0.25) is 19.6 Å². The second-order valence-corrected chi connectivity index (χ2v) is 10.7. The van der Waals surface area contributed by atoms with Crippen LogP contribution in [0.1, 0.15) is 53.1 Å². The molecule has 2 aromatic carbocycles. The molecule has 10 N–H and O–H groups in total. The highest BCUT2D eigenvalue weighted by Crippen LogP contribution is 2.37. The summed E-state index contributed by atoms with van der Waals surface area (Å²) in [6.45, 7) is 8.19. The summed E-state index contributed by atoms with van der Waals surface area (Å²) in [7, 11) is 0. The molecule has 0 aromatic heterocycles. The van der Waals surface area contributed by atoms with Gasteiger partial charge in [-0.15, -0.1) is 0 Å². The number of amides is 2. The topological polar surface area (TPSA) is 187 Å². The monoisotopic (exact) mass is 668 g/mol. The van der Waals surface area contributed by atoms with Crippen molar-refractivity contribution in [2.24, 2.45) is 32.9 Å². The Balaban J connectivity index is 2.22. The Labute approximate surface area is 268 Å². The fourth-order valence-electron chi connectivity index (χ4n) is 4.52. The van der Waals surface area contributed by atoms with Crippen LogP contribution in [0.5, 0.6) is 0 Å². The smallest absolute Gasteiger partial charge is 0.370 e. The van der Waals surface area contributed by atoms with Gasteiger partial charge < -0.3 is 33.6 Å². The molecule has 0 aliphatic heterocycles. The lowest BCUT2D eigenvalue weighted by atomic mass is 9.98. The van der Waals surface area contributed by atoms with Gasteiger partial charge in [-0.2, -0.15) is 26.3 Å². The van der Waals surface area contributed by atoms with Crippen LogP contribution in [-0.4, -0.2) is 36.8 Å². The normalized spacial score (nSPS) is 11.9. The summed E-state index contributed by atoms with van der Waals surface area (Å²) >= 11 is 0. The molecule has 0 saturated carbocycles. The van der Waals surface area contributed by atoms with Crippen molar-refractivity contribution in [1.82, 2.24) is 0 Å². The first-order valence-electron chi connectivity index (χ1n) is 14.2. The number of rotatable bonds is 13. The van der Waals surface area contributed by atoms with Gasteiger partial charge in [-0.05, 0) is 86.9 Å². The maximum absolute atomic E-state index is 13.8. The molecule has 0 spiro atoms. The van der Waals surface area contributed by atoms with Crippen LogP contribution in [0, 0.1) is 13.8 Å². The highest BCUT2D eigenvalue weighted by molar-refractivity contribution is 6.09. The minimum absolute atomic E-state index is 0.000875. The molecule has 16 heteroatoms. The van der Waals surface area contributed by atoms with Crippen molar-refractivity contribution in [3.8, 4) is 0 Å². The zero-order chi connectivity index (χ0) is 35.7. The minimum atomic E-state index is -4.72. The van der Waals surface area contributed by atoms with E-state index >= 15 is 0 Å². The first kappa shape index (κ1) is 38.2. The van der Waals surface area contributed by atoms with Gasteiger partial charge in [0.2, 0.25) is 0 Å². The van der Waals surface area contributed by atoms with E-state index in [-0.39, 0.29) is 84.3 Å². The molecule has 10 nitrogen and oxygen atoms in total. The highest BCUT2D eigenvalue weighted by Gasteiger charge is 2.35. The van der Waals surface area contributed by atoms with Crippen LogP contribution in [0.25, 0.3) is 0 Å². The zero-order valence-corrected chi connectivity index (χ0v) is 26.1. The number of benzene rings is 2. The first-order valence-corrected chi connectivity index (χ1v) is 14.2. The summed E-state index contributed by atoms with van der Waals surface area (Å²) in [6, 6.07) is 4.25. The lowest BCUT2D eigenvalue weighted by Gasteiger charge is -2.18. The van der Waals surface area contributed by atoms with Gasteiger partial charge in [0.1, 0.15) is 0 Å². The number of hydrogen-bond donors (Lipinski definition) is 6. The number of nitrogens with two attached hydrogens (primary N) is 4. The minimum Gasteiger partial charge on any atom is -0.370 e. The SMILES string of the molecule is C=C(/C=C(\C)C(=O)Nc1cc(C(F)(F)F)c(CCCN=C(N)N)cc1C)C(=O)Nc1cc(C(F)(F)F)c(CCCN=C(N)N)cc1C. The number of alkyl halides is 6. The molecule has 0 atom stereocenters. The van der Waals surface area contributed by atoms with E-state index in [0.717, 1.165) is 18.2 Å². The number of halogens is 6. The fraction of sp³-hybridized carbons (Fsp3) is 0.355. The van der Waals surface area contributed by atoms with Crippen molar-refractivity contribution in [2.45, 2.75) is 58.8 Å². The van der Waals surface area contributed by atoms with E-state index in [9.17, 15) is 35.9 Å². The van der Waals surface area contributed by atoms with E-state index in [4.69, 9.17) is 22.9 Å². The molecule has 2 amide bonds. The number of guanidine groups is 2. The van der Waals surface area contributed by atoms with Crippen molar-refractivity contribution < 1.29 is 35.9 Å². The Kier molecular flexibility index (Phi) is 13.0. The summed E-state index contributed by atoms with van der Waals surface area (Å²) < 4.78 is 83.1. The van der Waals surface area contributed by atoms with Gasteiger partial charge in [0.05, 0.1) is 11.1 Å². The van der Waals surface area contributed by atoms with Crippen molar-refractivity contribution in [2.75, 3.05) is 23.7 Å². The third-order valence-corrected chi connectivity index (χ3v) is 6.85. The van der Waals surface area contributed by atoms with Crippen LogP contribution in [0.3, 0.4) is 0 Å². The molecule has 0 radical (unpaired) electrons. The molecule has 0 saturated heterocycles. The Morgan fingerprint density at radius 1 is 0.745 bits per heavy atom. The molecule has 0 unspecified atom stereocenters. The second kappa shape index (κ2) is 16.0. The maximum Gasteiger partial charge on any atom is 0.416 e. The maximum atomic E-state index is 13.8. The number of nitrogens with one attached hydrogen (secondary N) is 2. The summed E-state index contributed by atoms with van der Waals surface area (Å²) in [6.07, 6.45) is -7.82. The van der Waals surface area contributed by atoms with Crippen LogP contribution in [-0.2, 0) is 34.8 Å². The van der Waals surface area contributed by atoms with Crippen LogP contribution in [0.15, 0.2) is 58.1 Å². The lowest BCUT2D eigenvalue weighted by molar-refractivity contribution is -0.139. The predicted octanol–water partition coefficient (Wildman–Crippen LogP) is 4.83. The number of anilines is 2. The molecule has 0 aliphatic carbocycles. The summed E-state index contributed by atoms with van der Waals surface area (Å²) in [5.41, 5.74) is 19.2. The predicted molar refractivity (Wildman–Crippen MR) is 171 cm³/mol. The van der Waals surface area contributed by atoms with E-state index in [1.165, 1.54) is 32.9 Å². The van der Waals surface area contributed by atoms with Gasteiger partial charge in [-0.1, -0.05) is 18.7 Å². The number of carbonyl (C=O) groups is 2. The van der Waals surface area contributed by atoms with E-state index in [2.05, 4.69) is 27.2 Å². The third kappa shape index (κ3) is 11.7. The fourth-order valence-corrected chi connectivity index (χ4v) is 4.52. The molecule has 0 bridgehead atoms. The summed E-state index contributed by atoms with van der Waals surface area (Å²) in [5.74, 6) is -2.07. The molecule has 0 aliphatic rings. The Bertz CT molecular complexity index is 1590. The zero-order valence-electron chi connectivity index (χ0n) is 26.1. The quantitative estimate of drug-likeness (QED) is 0.0443. The Hall–Kier alpha value is -5.02. The van der Waals surface area contributed by atoms with Gasteiger partial charge in [0.15, 0.2) is 11.9 Å². The average molecular weight is 669 g/mol. The van der Waals surface area contributed by atoms with Crippen molar-refractivity contribution in [3.05, 3.63) is 81.4 Å². The first-order chi connectivity index (χ1) is 21.7. The molecule has 2 aromatic rings.